The van der Waals surface area contributed by atoms with Crippen LogP contribution >= 0.6 is 11.3 Å². The van der Waals surface area contributed by atoms with Crippen LogP contribution < -0.4 is 5.32 Å². The standard InChI is InChI=1S/C30H29N5OS/c1-19-18-37-28-6-5-22(14-25(19)28)26-15-24(16-27-30(26)33-11-10-32-27)34-29(23-4-3-9-31-17-23)21-7-12-35(13-8-21)20(2)36/h3-6,9-11,14-18,21,29,34H,7-8,12-13H2,1-2H3/t29-/m1/s1. The molecule has 1 aliphatic heterocycles. The summed E-state index contributed by atoms with van der Waals surface area (Å²) in [6.45, 7) is 5.39. The molecule has 7 heteroatoms. The Morgan fingerprint density at radius 3 is 2.70 bits per heavy atom. The number of rotatable bonds is 5. The first kappa shape index (κ1) is 23.6. The molecule has 1 fully saturated rings. The molecule has 1 N–H and O–H groups in total. The van der Waals surface area contributed by atoms with Crippen molar-refractivity contribution in [2.45, 2.75) is 32.7 Å². The smallest absolute Gasteiger partial charge is 0.219 e. The highest BCUT2D eigenvalue weighted by Gasteiger charge is 2.29. The number of piperidine rings is 1. The molecule has 6 nitrogen and oxygen atoms in total. The maximum Gasteiger partial charge on any atom is 0.219 e. The minimum absolute atomic E-state index is 0.0753. The number of nitrogens with zero attached hydrogens (tertiary/aromatic N) is 4. The van der Waals surface area contributed by atoms with Crippen molar-refractivity contribution in [3.8, 4) is 11.1 Å². The van der Waals surface area contributed by atoms with Gasteiger partial charge in [-0.2, -0.15) is 0 Å². The van der Waals surface area contributed by atoms with Crippen LogP contribution in [0, 0.1) is 12.8 Å². The molecule has 0 unspecified atom stereocenters. The summed E-state index contributed by atoms with van der Waals surface area (Å²) >= 11 is 1.78. The van der Waals surface area contributed by atoms with Crippen molar-refractivity contribution in [2.24, 2.45) is 5.92 Å². The highest BCUT2D eigenvalue weighted by Crippen LogP contribution is 2.38. The Bertz CT molecular complexity index is 1570. The lowest BCUT2D eigenvalue weighted by Gasteiger charge is -2.36. The van der Waals surface area contributed by atoms with E-state index in [0.717, 1.165) is 59.3 Å². The first-order valence-electron chi connectivity index (χ1n) is 12.7. The molecule has 0 aliphatic carbocycles. The van der Waals surface area contributed by atoms with Gasteiger partial charge in [-0.25, -0.2) is 0 Å². The van der Waals surface area contributed by atoms with Gasteiger partial charge in [-0.05, 0) is 83.5 Å². The number of fused-ring (bicyclic) bond motifs is 2. The number of pyridine rings is 1. The predicted molar refractivity (Wildman–Crippen MR) is 151 cm³/mol. The van der Waals surface area contributed by atoms with Crippen molar-refractivity contribution in [1.82, 2.24) is 19.9 Å². The molecule has 0 spiro atoms. The third-order valence-corrected chi connectivity index (χ3v) is 8.56. The molecule has 0 bridgehead atoms. The molecule has 1 amide bonds. The van der Waals surface area contributed by atoms with Crippen molar-refractivity contribution in [3.63, 3.8) is 0 Å². The normalized spacial score (nSPS) is 15.2. The molecule has 1 atom stereocenters. The monoisotopic (exact) mass is 507 g/mol. The molecule has 0 saturated carbocycles. The number of aryl methyl sites for hydroxylation is 1. The van der Waals surface area contributed by atoms with E-state index >= 15 is 0 Å². The van der Waals surface area contributed by atoms with E-state index in [1.165, 1.54) is 15.6 Å². The van der Waals surface area contributed by atoms with Gasteiger partial charge in [-0.3, -0.25) is 19.7 Å². The van der Waals surface area contributed by atoms with Crippen molar-refractivity contribution in [3.05, 3.63) is 83.8 Å². The maximum absolute atomic E-state index is 11.9. The third kappa shape index (κ3) is 4.67. The number of benzene rings is 2. The van der Waals surface area contributed by atoms with Crippen LogP contribution in [0.25, 0.3) is 32.2 Å². The number of anilines is 1. The van der Waals surface area contributed by atoms with Gasteiger partial charge in [0.05, 0.1) is 17.1 Å². The lowest BCUT2D eigenvalue weighted by atomic mass is 9.85. The molecular formula is C30H29N5OS. The molecule has 6 rings (SSSR count). The second-order valence-corrected chi connectivity index (χ2v) is 10.7. The third-order valence-electron chi connectivity index (χ3n) is 7.47. The summed E-state index contributed by atoms with van der Waals surface area (Å²) in [7, 11) is 0. The molecule has 186 valence electrons. The van der Waals surface area contributed by atoms with Gasteiger partial charge >= 0.3 is 0 Å². The quantitative estimate of drug-likeness (QED) is 0.289. The SMILES string of the molecule is CC(=O)N1CCC([C@@H](Nc2cc(-c3ccc4scc(C)c4c3)c3nccnc3c2)c2cccnc2)CC1. The van der Waals surface area contributed by atoms with Gasteiger partial charge < -0.3 is 10.2 Å². The number of hydrogen-bond donors (Lipinski definition) is 1. The molecule has 2 aromatic carbocycles. The van der Waals surface area contributed by atoms with Gasteiger partial charge in [0.15, 0.2) is 0 Å². The van der Waals surface area contributed by atoms with Crippen molar-refractivity contribution in [2.75, 3.05) is 18.4 Å². The van der Waals surface area contributed by atoms with Crippen LogP contribution in [0.15, 0.2) is 72.6 Å². The maximum atomic E-state index is 11.9. The largest absolute Gasteiger partial charge is 0.378 e. The molecule has 5 aromatic rings. The summed E-state index contributed by atoms with van der Waals surface area (Å²) in [6.07, 6.45) is 9.16. The fourth-order valence-corrected chi connectivity index (χ4v) is 6.39. The van der Waals surface area contributed by atoms with Crippen LogP contribution in [0.2, 0.25) is 0 Å². The number of likely N-dealkylation sites (tertiary alicyclic amines) is 1. The topological polar surface area (TPSA) is 71.0 Å². The van der Waals surface area contributed by atoms with Gasteiger partial charge in [0.2, 0.25) is 5.91 Å². The first-order chi connectivity index (χ1) is 18.1. The van der Waals surface area contributed by atoms with Gasteiger partial charge in [-0.15, -0.1) is 11.3 Å². The Kier molecular flexibility index (Phi) is 6.30. The fourth-order valence-electron chi connectivity index (χ4n) is 5.46. The van der Waals surface area contributed by atoms with Crippen LogP contribution in [0.3, 0.4) is 0 Å². The number of aromatic nitrogens is 3. The summed E-state index contributed by atoms with van der Waals surface area (Å²) in [5, 5.41) is 7.34. The van der Waals surface area contributed by atoms with Crippen molar-refractivity contribution in [1.29, 1.82) is 0 Å². The van der Waals surface area contributed by atoms with Crippen LogP contribution in [0.5, 0.6) is 0 Å². The Morgan fingerprint density at radius 1 is 1.08 bits per heavy atom. The second-order valence-electron chi connectivity index (χ2n) is 9.83. The lowest BCUT2D eigenvalue weighted by molar-refractivity contribution is -0.130. The van der Waals surface area contributed by atoms with E-state index in [1.54, 1.807) is 30.7 Å². The summed E-state index contributed by atoms with van der Waals surface area (Å²) in [5.41, 5.74) is 7.41. The minimum atomic E-state index is 0.0753. The van der Waals surface area contributed by atoms with Gasteiger partial charge in [0.25, 0.3) is 0 Å². The zero-order chi connectivity index (χ0) is 25.4. The number of carbonyl (C=O) groups excluding carboxylic acids is 1. The Hall–Kier alpha value is -3.84. The van der Waals surface area contributed by atoms with E-state index in [0.29, 0.717) is 5.92 Å². The molecule has 3 aromatic heterocycles. The Balaban J connectivity index is 1.40. The van der Waals surface area contributed by atoms with E-state index in [2.05, 4.69) is 64.0 Å². The van der Waals surface area contributed by atoms with E-state index in [-0.39, 0.29) is 11.9 Å². The van der Waals surface area contributed by atoms with E-state index in [9.17, 15) is 4.79 Å². The van der Waals surface area contributed by atoms with Crippen molar-refractivity contribution < 1.29 is 4.79 Å². The van der Waals surface area contributed by atoms with Gasteiger partial charge in [-0.1, -0.05) is 12.1 Å². The van der Waals surface area contributed by atoms with Gasteiger partial charge in [0.1, 0.15) is 0 Å². The molecule has 37 heavy (non-hydrogen) atoms. The highest BCUT2D eigenvalue weighted by atomic mass is 32.1. The molecule has 0 radical (unpaired) electrons. The summed E-state index contributed by atoms with van der Waals surface area (Å²) < 4.78 is 1.29. The molecule has 1 aliphatic rings. The van der Waals surface area contributed by atoms with Crippen LogP contribution in [-0.4, -0.2) is 38.8 Å². The zero-order valence-corrected chi connectivity index (χ0v) is 21.8. The highest BCUT2D eigenvalue weighted by molar-refractivity contribution is 7.17. The van der Waals surface area contributed by atoms with Crippen LogP contribution in [0.4, 0.5) is 5.69 Å². The second kappa shape index (κ2) is 9.90. The molecule has 1 saturated heterocycles. The minimum Gasteiger partial charge on any atom is -0.378 e. The van der Waals surface area contributed by atoms with E-state index in [4.69, 9.17) is 4.98 Å². The number of amides is 1. The van der Waals surface area contributed by atoms with Crippen LogP contribution in [0.1, 0.15) is 36.9 Å². The number of hydrogen-bond acceptors (Lipinski definition) is 6. The molecule has 4 heterocycles. The van der Waals surface area contributed by atoms with Gasteiger partial charge in [0, 0.05) is 60.8 Å². The number of carbonyl (C=O) groups is 1. The van der Waals surface area contributed by atoms with E-state index in [1.807, 2.05) is 23.4 Å². The van der Waals surface area contributed by atoms with Crippen molar-refractivity contribution >= 4 is 44.1 Å². The Labute approximate surface area is 220 Å². The zero-order valence-electron chi connectivity index (χ0n) is 21.0. The Morgan fingerprint density at radius 2 is 1.92 bits per heavy atom. The average Bonchev–Trinajstić information content (AvgIpc) is 3.31. The molecular weight excluding hydrogens is 478 g/mol. The predicted octanol–water partition coefficient (Wildman–Crippen LogP) is 6.63. The fraction of sp³-hybridized carbons (Fsp3) is 0.267. The van der Waals surface area contributed by atoms with Crippen LogP contribution in [-0.2, 0) is 4.79 Å². The lowest BCUT2D eigenvalue weighted by Crippen LogP contribution is -2.39. The summed E-state index contributed by atoms with van der Waals surface area (Å²) in [4.78, 5) is 27.6. The number of nitrogens with one attached hydrogen (secondary N) is 1. The number of thiophene rings is 1. The van der Waals surface area contributed by atoms with E-state index < -0.39 is 0 Å². The summed E-state index contributed by atoms with van der Waals surface area (Å²) in [5.74, 6) is 0.533. The first-order valence-corrected chi connectivity index (χ1v) is 13.6. The average molecular weight is 508 g/mol. The summed E-state index contributed by atoms with van der Waals surface area (Å²) in [6, 6.07) is 15.1.